The van der Waals surface area contributed by atoms with Crippen LogP contribution in [-0.2, 0) is 9.53 Å². The molecule has 0 saturated carbocycles. The topological polar surface area (TPSA) is 51.2 Å². The molecule has 116 valence electrons. The van der Waals surface area contributed by atoms with E-state index in [0.29, 0.717) is 0 Å². The summed E-state index contributed by atoms with van der Waals surface area (Å²) in [6, 6.07) is 6.01. The van der Waals surface area contributed by atoms with Crippen LogP contribution in [0.15, 0.2) is 28.5 Å². The molecule has 1 saturated heterocycles. The first-order valence-electron chi connectivity index (χ1n) is 7.20. The molecule has 1 N–H and O–H groups in total. The number of amides is 1. The van der Waals surface area contributed by atoms with Gasteiger partial charge < -0.3 is 10.1 Å². The Morgan fingerprint density at radius 3 is 3.05 bits per heavy atom. The molecule has 2 heterocycles. The van der Waals surface area contributed by atoms with Crippen molar-refractivity contribution in [3.05, 3.63) is 28.6 Å². The molecule has 1 amide bonds. The van der Waals surface area contributed by atoms with Gasteiger partial charge in [0.1, 0.15) is 11.1 Å². The Hall–Kier alpha value is -1.37. The van der Waals surface area contributed by atoms with Crippen molar-refractivity contribution in [3.63, 3.8) is 0 Å². The van der Waals surface area contributed by atoms with E-state index in [4.69, 9.17) is 9.72 Å². The lowest BCUT2D eigenvalue weighted by Gasteiger charge is -2.09. The standard InChI is InChI=1S/C16H18N2O2S2/c1-10(19)17-12-6-5-11(8-15(12)21-2)13-9-22-16(18-13)14-4-3-7-20-14/h5-6,8-9,14H,3-4,7H2,1-2H3,(H,17,19)/t14-/m0/s1. The van der Waals surface area contributed by atoms with Gasteiger partial charge in [0, 0.05) is 29.4 Å². The van der Waals surface area contributed by atoms with Crippen LogP contribution in [0.3, 0.4) is 0 Å². The van der Waals surface area contributed by atoms with Gasteiger partial charge in [-0.3, -0.25) is 4.79 Å². The Morgan fingerprint density at radius 1 is 1.50 bits per heavy atom. The van der Waals surface area contributed by atoms with Crippen LogP contribution in [0, 0.1) is 0 Å². The van der Waals surface area contributed by atoms with Gasteiger partial charge >= 0.3 is 0 Å². The zero-order valence-corrected chi connectivity index (χ0v) is 14.2. The minimum atomic E-state index is -0.0580. The summed E-state index contributed by atoms with van der Waals surface area (Å²) in [5.41, 5.74) is 2.89. The van der Waals surface area contributed by atoms with Gasteiger partial charge in [0.2, 0.25) is 5.91 Å². The van der Waals surface area contributed by atoms with Crippen LogP contribution in [-0.4, -0.2) is 23.8 Å². The highest BCUT2D eigenvalue weighted by Crippen LogP contribution is 2.35. The maximum Gasteiger partial charge on any atom is 0.221 e. The molecular formula is C16H18N2O2S2. The number of hydrogen-bond acceptors (Lipinski definition) is 5. The van der Waals surface area contributed by atoms with Crippen molar-refractivity contribution in [1.82, 2.24) is 4.98 Å². The van der Waals surface area contributed by atoms with Crippen LogP contribution in [0.4, 0.5) is 5.69 Å². The molecule has 0 bridgehead atoms. The average molecular weight is 334 g/mol. The van der Waals surface area contributed by atoms with E-state index in [0.717, 1.165) is 46.3 Å². The summed E-state index contributed by atoms with van der Waals surface area (Å²) < 4.78 is 5.69. The van der Waals surface area contributed by atoms with Gasteiger partial charge in [0.25, 0.3) is 0 Å². The molecule has 1 atom stereocenters. The number of nitrogens with zero attached hydrogens (tertiary/aromatic N) is 1. The summed E-state index contributed by atoms with van der Waals surface area (Å²) in [6.45, 7) is 2.36. The molecule has 1 fully saturated rings. The minimum Gasteiger partial charge on any atom is -0.371 e. The molecule has 3 rings (SSSR count). The molecule has 22 heavy (non-hydrogen) atoms. The first-order chi connectivity index (χ1) is 10.7. The van der Waals surface area contributed by atoms with E-state index in [2.05, 4.69) is 16.8 Å². The number of carbonyl (C=O) groups excluding carboxylic acids is 1. The largest absolute Gasteiger partial charge is 0.371 e. The lowest BCUT2D eigenvalue weighted by atomic mass is 10.1. The van der Waals surface area contributed by atoms with Crippen molar-refractivity contribution in [2.75, 3.05) is 18.2 Å². The van der Waals surface area contributed by atoms with Crippen LogP contribution in [0.5, 0.6) is 0 Å². The van der Waals surface area contributed by atoms with Crippen molar-refractivity contribution >= 4 is 34.7 Å². The summed E-state index contributed by atoms with van der Waals surface area (Å²) in [5, 5.41) is 5.99. The molecule has 0 radical (unpaired) electrons. The van der Waals surface area contributed by atoms with Gasteiger partial charge in [-0.25, -0.2) is 4.98 Å². The Bertz CT molecular complexity index is 679. The summed E-state index contributed by atoms with van der Waals surface area (Å²) in [5.74, 6) is -0.0580. The third-order valence-electron chi connectivity index (χ3n) is 3.54. The first-order valence-corrected chi connectivity index (χ1v) is 9.31. The van der Waals surface area contributed by atoms with E-state index in [9.17, 15) is 4.79 Å². The van der Waals surface area contributed by atoms with Crippen molar-refractivity contribution in [1.29, 1.82) is 0 Å². The normalized spacial score (nSPS) is 17.6. The number of anilines is 1. The van der Waals surface area contributed by atoms with Crippen LogP contribution >= 0.6 is 23.1 Å². The van der Waals surface area contributed by atoms with Gasteiger partial charge in [-0.2, -0.15) is 0 Å². The monoisotopic (exact) mass is 334 g/mol. The van der Waals surface area contributed by atoms with Gasteiger partial charge in [-0.15, -0.1) is 23.1 Å². The second-order valence-corrected chi connectivity index (χ2v) is 6.91. The van der Waals surface area contributed by atoms with Gasteiger partial charge in [-0.1, -0.05) is 6.07 Å². The highest BCUT2D eigenvalue weighted by atomic mass is 32.2. The Kier molecular flexibility index (Phi) is 4.81. The van der Waals surface area contributed by atoms with Crippen molar-refractivity contribution in [3.8, 4) is 11.3 Å². The minimum absolute atomic E-state index is 0.0580. The average Bonchev–Trinajstić information content (AvgIpc) is 3.18. The number of thiazole rings is 1. The predicted molar refractivity (Wildman–Crippen MR) is 91.6 cm³/mol. The number of aromatic nitrogens is 1. The lowest BCUT2D eigenvalue weighted by Crippen LogP contribution is -2.06. The summed E-state index contributed by atoms with van der Waals surface area (Å²) in [6.07, 6.45) is 4.34. The fraction of sp³-hybridized carbons (Fsp3) is 0.375. The molecule has 0 unspecified atom stereocenters. The number of thioether (sulfide) groups is 1. The number of nitrogens with one attached hydrogen (secondary N) is 1. The number of benzene rings is 1. The van der Waals surface area contributed by atoms with E-state index in [1.165, 1.54) is 6.92 Å². The van der Waals surface area contributed by atoms with Gasteiger partial charge in [0.15, 0.2) is 0 Å². The summed E-state index contributed by atoms with van der Waals surface area (Å²) in [4.78, 5) is 17.0. The number of rotatable bonds is 4. The maximum atomic E-state index is 11.2. The Morgan fingerprint density at radius 2 is 2.36 bits per heavy atom. The molecular weight excluding hydrogens is 316 g/mol. The van der Waals surface area contributed by atoms with Gasteiger partial charge in [-0.05, 0) is 31.2 Å². The van der Waals surface area contributed by atoms with Crippen LogP contribution < -0.4 is 5.32 Å². The number of carbonyl (C=O) groups is 1. The zero-order chi connectivity index (χ0) is 15.5. The summed E-state index contributed by atoms with van der Waals surface area (Å²) in [7, 11) is 0. The van der Waals surface area contributed by atoms with E-state index in [-0.39, 0.29) is 12.0 Å². The van der Waals surface area contributed by atoms with Gasteiger partial charge in [0.05, 0.1) is 11.4 Å². The maximum absolute atomic E-state index is 11.2. The van der Waals surface area contributed by atoms with Crippen molar-refractivity contribution < 1.29 is 9.53 Å². The van der Waals surface area contributed by atoms with E-state index in [1.807, 2.05) is 18.4 Å². The van der Waals surface area contributed by atoms with E-state index >= 15 is 0 Å². The molecule has 1 aromatic heterocycles. The zero-order valence-electron chi connectivity index (χ0n) is 12.6. The second-order valence-electron chi connectivity index (χ2n) is 5.17. The third kappa shape index (κ3) is 3.34. The second kappa shape index (κ2) is 6.81. The highest BCUT2D eigenvalue weighted by molar-refractivity contribution is 7.98. The molecule has 0 spiro atoms. The number of hydrogen-bond donors (Lipinski definition) is 1. The molecule has 1 aliphatic heterocycles. The van der Waals surface area contributed by atoms with E-state index in [1.54, 1.807) is 23.1 Å². The van der Waals surface area contributed by atoms with Crippen molar-refractivity contribution in [2.24, 2.45) is 0 Å². The third-order valence-corrected chi connectivity index (χ3v) is 5.25. The highest BCUT2D eigenvalue weighted by Gasteiger charge is 2.21. The number of ether oxygens (including phenoxy) is 1. The summed E-state index contributed by atoms with van der Waals surface area (Å²) >= 11 is 3.27. The molecule has 6 heteroatoms. The lowest BCUT2D eigenvalue weighted by molar-refractivity contribution is -0.114. The molecule has 2 aromatic rings. The smallest absolute Gasteiger partial charge is 0.221 e. The van der Waals surface area contributed by atoms with Crippen LogP contribution in [0.25, 0.3) is 11.3 Å². The molecule has 1 aliphatic rings. The molecule has 0 aliphatic carbocycles. The molecule has 1 aromatic carbocycles. The van der Waals surface area contributed by atoms with Crippen LogP contribution in [0.2, 0.25) is 0 Å². The fourth-order valence-electron chi connectivity index (χ4n) is 2.48. The van der Waals surface area contributed by atoms with Crippen LogP contribution in [0.1, 0.15) is 30.9 Å². The Balaban J connectivity index is 1.86. The fourth-order valence-corrected chi connectivity index (χ4v) is 3.98. The van der Waals surface area contributed by atoms with E-state index < -0.39 is 0 Å². The first kappa shape index (κ1) is 15.5. The molecule has 4 nitrogen and oxygen atoms in total. The quantitative estimate of drug-likeness (QED) is 0.845. The van der Waals surface area contributed by atoms with Crippen molar-refractivity contribution in [2.45, 2.75) is 30.8 Å². The Labute approximate surface area is 138 Å². The predicted octanol–water partition coefficient (Wildman–Crippen LogP) is 4.34. The SMILES string of the molecule is CSc1cc(-c2csc([C@@H]3CCCO3)n2)ccc1NC(C)=O.